The summed E-state index contributed by atoms with van der Waals surface area (Å²) in [7, 11) is 1.69. The monoisotopic (exact) mass is 250 g/mol. The third-order valence-corrected chi connectivity index (χ3v) is 3.11. The highest BCUT2D eigenvalue weighted by molar-refractivity contribution is 5.56. The molecule has 1 aliphatic carbocycles. The average molecular weight is 250 g/mol. The van der Waals surface area contributed by atoms with Crippen LogP contribution in [0.4, 0.5) is 11.6 Å². The molecule has 0 aliphatic heterocycles. The Labute approximate surface area is 108 Å². The van der Waals surface area contributed by atoms with Gasteiger partial charge < -0.3 is 15.8 Å². The van der Waals surface area contributed by atoms with Crippen molar-refractivity contribution in [2.75, 3.05) is 24.8 Å². The number of hydrogen-bond acceptors (Lipinski definition) is 5. The van der Waals surface area contributed by atoms with Crippen LogP contribution in [0.25, 0.3) is 0 Å². The molecule has 100 valence electrons. The van der Waals surface area contributed by atoms with E-state index in [4.69, 9.17) is 10.5 Å². The molecule has 0 bridgehead atoms. The van der Waals surface area contributed by atoms with Gasteiger partial charge in [0.05, 0.1) is 12.1 Å². The number of nitrogens with zero attached hydrogens (tertiary/aromatic N) is 2. The minimum atomic E-state index is -0.179. The quantitative estimate of drug-likeness (QED) is 0.837. The molecule has 0 aromatic carbocycles. The zero-order valence-electron chi connectivity index (χ0n) is 11.6. The second-order valence-electron chi connectivity index (χ2n) is 5.66. The number of nitrogen functional groups attached to an aromatic ring is 1. The Balaban J connectivity index is 2.25. The second-order valence-corrected chi connectivity index (χ2v) is 5.66. The Hall–Kier alpha value is -1.36. The molecule has 18 heavy (non-hydrogen) atoms. The smallest absolute Gasteiger partial charge is 0.136 e. The maximum Gasteiger partial charge on any atom is 0.136 e. The van der Waals surface area contributed by atoms with Gasteiger partial charge in [-0.1, -0.05) is 0 Å². The van der Waals surface area contributed by atoms with Gasteiger partial charge >= 0.3 is 0 Å². The first-order chi connectivity index (χ1) is 8.43. The van der Waals surface area contributed by atoms with E-state index < -0.39 is 0 Å². The maximum atomic E-state index is 5.96. The van der Waals surface area contributed by atoms with Gasteiger partial charge in [0.1, 0.15) is 17.5 Å². The SMILES string of the molecule is COCC(C)(C)Nc1nc(C2CC2)nc(N)c1C. The lowest BCUT2D eigenvalue weighted by molar-refractivity contribution is 0.158. The number of ether oxygens (including phenoxy) is 1. The molecule has 0 saturated heterocycles. The molecule has 0 spiro atoms. The van der Waals surface area contributed by atoms with Crippen LogP contribution in [0, 0.1) is 6.92 Å². The molecule has 5 heteroatoms. The first kappa shape index (κ1) is 13.1. The van der Waals surface area contributed by atoms with E-state index in [1.54, 1.807) is 7.11 Å². The third kappa shape index (κ3) is 2.90. The third-order valence-electron chi connectivity index (χ3n) is 3.11. The van der Waals surface area contributed by atoms with E-state index in [2.05, 4.69) is 29.1 Å². The van der Waals surface area contributed by atoms with Crippen LogP contribution in [-0.2, 0) is 4.74 Å². The largest absolute Gasteiger partial charge is 0.383 e. The van der Waals surface area contributed by atoms with Crippen molar-refractivity contribution >= 4 is 11.6 Å². The van der Waals surface area contributed by atoms with E-state index in [0.29, 0.717) is 18.3 Å². The summed E-state index contributed by atoms with van der Waals surface area (Å²) in [4.78, 5) is 8.97. The van der Waals surface area contributed by atoms with Crippen molar-refractivity contribution in [2.45, 2.75) is 45.1 Å². The highest BCUT2D eigenvalue weighted by Crippen LogP contribution is 2.39. The Morgan fingerprint density at radius 3 is 2.61 bits per heavy atom. The summed E-state index contributed by atoms with van der Waals surface area (Å²) >= 11 is 0. The van der Waals surface area contributed by atoms with Gasteiger partial charge in [0.15, 0.2) is 0 Å². The zero-order chi connectivity index (χ0) is 13.3. The Kier molecular flexibility index (Phi) is 3.43. The second kappa shape index (κ2) is 4.72. The fraction of sp³-hybridized carbons (Fsp3) is 0.692. The van der Waals surface area contributed by atoms with Crippen molar-refractivity contribution in [3.05, 3.63) is 11.4 Å². The highest BCUT2D eigenvalue weighted by Gasteiger charge is 2.29. The summed E-state index contributed by atoms with van der Waals surface area (Å²) in [6, 6.07) is 0. The summed E-state index contributed by atoms with van der Waals surface area (Å²) in [6.45, 7) is 6.70. The van der Waals surface area contributed by atoms with Gasteiger partial charge in [0.2, 0.25) is 0 Å². The van der Waals surface area contributed by atoms with Crippen molar-refractivity contribution in [1.82, 2.24) is 9.97 Å². The van der Waals surface area contributed by atoms with Gasteiger partial charge in [0.25, 0.3) is 0 Å². The van der Waals surface area contributed by atoms with E-state index in [-0.39, 0.29) is 5.54 Å². The maximum absolute atomic E-state index is 5.96. The van der Waals surface area contributed by atoms with E-state index in [1.807, 2.05) is 6.92 Å². The van der Waals surface area contributed by atoms with Crippen molar-refractivity contribution in [2.24, 2.45) is 0 Å². The van der Waals surface area contributed by atoms with Gasteiger partial charge in [0, 0.05) is 18.6 Å². The molecule has 3 N–H and O–H groups in total. The minimum Gasteiger partial charge on any atom is -0.383 e. The van der Waals surface area contributed by atoms with Gasteiger partial charge in [-0.05, 0) is 33.6 Å². The molecular weight excluding hydrogens is 228 g/mol. The van der Waals surface area contributed by atoms with Gasteiger partial charge in [-0.3, -0.25) is 0 Å². The molecule has 1 aromatic rings. The summed E-state index contributed by atoms with van der Waals surface area (Å²) in [5.74, 6) is 2.77. The van der Waals surface area contributed by atoms with Gasteiger partial charge in [-0.15, -0.1) is 0 Å². The molecule has 5 nitrogen and oxygen atoms in total. The van der Waals surface area contributed by atoms with Crippen molar-refractivity contribution < 1.29 is 4.74 Å². The number of nitrogens with one attached hydrogen (secondary N) is 1. The van der Waals surface area contributed by atoms with Crippen LogP contribution < -0.4 is 11.1 Å². The van der Waals surface area contributed by atoms with Crippen LogP contribution in [0.5, 0.6) is 0 Å². The fourth-order valence-electron chi connectivity index (χ4n) is 1.92. The minimum absolute atomic E-state index is 0.179. The highest BCUT2D eigenvalue weighted by atomic mass is 16.5. The van der Waals surface area contributed by atoms with Gasteiger partial charge in [-0.25, -0.2) is 9.97 Å². The Morgan fingerprint density at radius 1 is 1.39 bits per heavy atom. The van der Waals surface area contributed by atoms with Crippen LogP contribution >= 0.6 is 0 Å². The number of rotatable bonds is 5. The van der Waals surface area contributed by atoms with Gasteiger partial charge in [-0.2, -0.15) is 0 Å². The van der Waals surface area contributed by atoms with Crippen molar-refractivity contribution in [3.8, 4) is 0 Å². The summed E-state index contributed by atoms with van der Waals surface area (Å²) in [5, 5.41) is 3.40. The lowest BCUT2D eigenvalue weighted by atomic mass is 10.1. The first-order valence-corrected chi connectivity index (χ1v) is 6.34. The van der Waals surface area contributed by atoms with Crippen LogP contribution in [0.15, 0.2) is 0 Å². The van der Waals surface area contributed by atoms with Crippen LogP contribution in [0.1, 0.15) is 44.0 Å². The van der Waals surface area contributed by atoms with Crippen LogP contribution in [0.2, 0.25) is 0 Å². The molecule has 1 saturated carbocycles. The zero-order valence-corrected chi connectivity index (χ0v) is 11.6. The van der Waals surface area contributed by atoms with Crippen molar-refractivity contribution in [1.29, 1.82) is 0 Å². The molecular formula is C13H22N4O. The summed E-state index contributed by atoms with van der Waals surface area (Å²) < 4.78 is 5.20. The molecule has 1 aromatic heterocycles. The number of aromatic nitrogens is 2. The average Bonchev–Trinajstić information content (AvgIpc) is 3.07. The molecule has 0 atom stereocenters. The lowest BCUT2D eigenvalue weighted by Gasteiger charge is -2.27. The standard InChI is InChI=1S/C13H22N4O/c1-8-10(14)15-12(9-5-6-9)16-11(8)17-13(2,3)7-18-4/h9H,5-7H2,1-4H3,(H3,14,15,16,17). The van der Waals surface area contributed by atoms with Crippen LogP contribution in [0.3, 0.4) is 0 Å². The molecule has 2 rings (SSSR count). The van der Waals surface area contributed by atoms with E-state index in [1.165, 1.54) is 12.8 Å². The predicted octanol–water partition coefficient (Wildman–Crippen LogP) is 2.08. The van der Waals surface area contributed by atoms with E-state index in [9.17, 15) is 0 Å². The number of anilines is 2. The van der Waals surface area contributed by atoms with E-state index in [0.717, 1.165) is 17.2 Å². The van der Waals surface area contributed by atoms with Crippen molar-refractivity contribution in [3.63, 3.8) is 0 Å². The summed E-state index contributed by atoms with van der Waals surface area (Å²) in [6.07, 6.45) is 2.34. The molecule has 1 aliphatic rings. The Bertz CT molecular complexity index is 441. The predicted molar refractivity (Wildman–Crippen MR) is 72.7 cm³/mol. The normalized spacial score (nSPS) is 15.8. The Morgan fingerprint density at radius 2 is 2.06 bits per heavy atom. The molecule has 1 heterocycles. The fourth-order valence-corrected chi connectivity index (χ4v) is 1.92. The molecule has 0 unspecified atom stereocenters. The molecule has 0 amide bonds. The molecule has 0 radical (unpaired) electrons. The topological polar surface area (TPSA) is 73.1 Å². The molecule has 1 fully saturated rings. The summed E-state index contributed by atoms with van der Waals surface area (Å²) in [5.41, 5.74) is 6.68. The number of hydrogen-bond donors (Lipinski definition) is 2. The first-order valence-electron chi connectivity index (χ1n) is 6.34. The van der Waals surface area contributed by atoms with Crippen LogP contribution in [-0.4, -0.2) is 29.2 Å². The lowest BCUT2D eigenvalue weighted by Crippen LogP contribution is -2.36. The number of methoxy groups -OCH3 is 1. The number of nitrogens with two attached hydrogens (primary N) is 1. The van der Waals surface area contributed by atoms with E-state index >= 15 is 0 Å².